The van der Waals surface area contributed by atoms with Crippen LogP contribution in [0.25, 0.3) is 0 Å². The number of hydrogen-bond donors (Lipinski definition) is 1. The second-order valence-corrected chi connectivity index (χ2v) is 3.50. The molecule has 1 aliphatic rings. The zero-order valence-corrected chi connectivity index (χ0v) is 6.66. The third kappa shape index (κ3) is 1.85. The van der Waals surface area contributed by atoms with Crippen LogP contribution in [0.4, 0.5) is 0 Å². The fourth-order valence-corrected chi connectivity index (χ4v) is 2.28. The Morgan fingerprint density at radius 2 is 2.56 bits per heavy atom. The van der Waals surface area contributed by atoms with Crippen molar-refractivity contribution in [2.75, 3.05) is 18.1 Å². The van der Waals surface area contributed by atoms with Crippen LogP contribution in [0.2, 0.25) is 0 Å². The van der Waals surface area contributed by atoms with E-state index < -0.39 is 0 Å². The third-order valence-corrected chi connectivity index (χ3v) is 2.88. The molecule has 0 amide bonds. The standard InChI is InChI=1S/C6H14N2S/c1-2-8(7)6-3-4-9-5-6/h6H,2-5,7H2,1H3. The molecule has 0 aromatic heterocycles. The molecule has 1 rings (SSSR count). The molecule has 0 spiro atoms. The van der Waals surface area contributed by atoms with Gasteiger partial charge in [-0.1, -0.05) is 6.92 Å². The quantitative estimate of drug-likeness (QED) is 0.459. The summed E-state index contributed by atoms with van der Waals surface area (Å²) >= 11 is 2.00. The van der Waals surface area contributed by atoms with Crippen LogP contribution in [0.5, 0.6) is 0 Å². The van der Waals surface area contributed by atoms with Gasteiger partial charge in [0.15, 0.2) is 0 Å². The van der Waals surface area contributed by atoms with Crippen LogP contribution < -0.4 is 5.84 Å². The smallest absolute Gasteiger partial charge is 0.0339 e. The lowest BCUT2D eigenvalue weighted by molar-refractivity contribution is 0.230. The van der Waals surface area contributed by atoms with E-state index in [9.17, 15) is 0 Å². The van der Waals surface area contributed by atoms with Crippen molar-refractivity contribution in [3.05, 3.63) is 0 Å². The highest BCUT2D eigenvalue weighted by Crippen LogP contribution is 2.19. The molecule has 1 aliphatic heterocycles. The fraction of sp³-hybridized carbons (Fsp3) is 1.00. The Labute approximate surface area is 60.8 Å². The van der Waals surface area contributed by atoms with Gasteiger partial charge in [-0.25, -0.2) is 5.01 Å². The Kier molecular flexibility index (Phi) is 2.82. The Balaban J connectivity index is 2.24. The van der Waals surface area contributed by atoms with Gasteiger partial charge in [0.05, 0.1) is 0 Å². The van der Waals surface area contributed by atoms with Crippen LogP contribution in [0.1, 0.15) is 13.3 Å². The summed E-state index contributed by atoms with van der Waals surface area (Å²) in [6.07, 6.45) is 1.27. The lowest BCUT2D eigenvalue weighted by Crippen LogP contribution is -2.40. The molecule has 0 aromatic rings. The van der Waals surface area contributed by atoms with Gasteiger partial charge in [0.1, 0.15) is 0 Å². The Hall–Kier alpha value is 0.270. The van der Waals surface area contributed by atoms with Gasteiger partial charge in [-0.3, -0.25) is 5.84 Å². The minimum atomic E-state index is 0.653. The second kappa shape index (κ2) is 3.44. The normalized spacial score (nSPS) is 27.7. The van der Waals surface area contributed by atoms with Crippen molar-refractivity contribution in [2.45, 2.75) is 19.4 Å². The highest BCUT2D eigenvalue weighted by Gasteiger charge is 2.18. The minimum absolute atomic E-state index is 0.653. The number of thioether (sulfide) groups is 1. The molecule has 1 saturated heterocycles. The topological polar surface area (TPSA) is 29.3 Å². The van der Waals surface area contributed by atoms with E-state index in [4.69, 9.17) is 5.84 Å². The van der Waals surface area contributed by atoms with Gasteiger partial charge in [-0.2, -0.15) is 11.8 Å². The highest BCUT2D eigenvalue weighted by molar-refractivity contribution is 7.99. The maximum absolute atomic E-state index is 5.70. The number of hydrogen-bond acceptors (Lipinski definition) is 3. The van der Waals surface area contributed by atoms with Gasteiger partial charge in [-0.05, 0) is 12.2 Å². The van der Waals surface area contributed by atoms with Crippen LogP contribution in [-0.2, 0) is 0 Å². The van der Waals surface area contributed by atoms with Gasteiger partial charge >= 0.3 is 0 Å². The van der Waals surface area contributed by atoms with Crippen molar-refractivity contribution in [1.29, 1.82) is 0 Å². The predicted molar refractivity (Wildman–Crippen MR) is 42.3 cm³/mol. The van der Waals surface area contributed by atoms with Gasteiger partial charge in [0, 0.05) is 18.3 Å². The van der Waals surface area contributed by atoms with Crippen LogP contribution in [0.3, 0.4) is 0 Å². The first-order valence-corrected chi connectivity index (χ1v) is 4.59. The molecule has 9 heavy (non-hydrogen) atoms. The van der Waals surface area contributed by atoms with Gasteiger partial charge in [-0.15, -0.1) is 0 Å². The molecule has 0 radical (unpaired) electrons. The van der Waals surface area contributed by atoms with E-state index in [1.165, 1.54) is 17.9 Å². The summed E-state index contributed by atoms with van der Waals surface area (Å²) in [5, 5.41) is 1.94. The largest absolute Gasteiger partial charge is 0.269 e. The van der Waals surface area contributed by atoms with Gasteiger partial charge < -0.3 is 0 Å². The predicted octanol–water partition coefficient (Wildman–Crippen LogP) is 0.688. The van der Waals surface area contributed by atoms with Crippen molar-refractivity contribution in [3.63, 3.8) is 0 Å². The first-order chi connectivity index (χ1) is 4.34. The number of hydrazine groups is 1. The van der Waals surface area contributed by atoms with Crippen LogP contribution in [0.15, 0.2) is 0 Å². The average molecular weight is 146 g/mol. The maximum atomic E-state index is 5.70. The van der Waals surface area contributed by atoms with E-state index in [0.29, 0.717) is 6.04 Å². The maximum Gasteiger partial charge on any atom is 0.0339 e. The van der Waals surface area contributed by atoms with E-state index >= 15 is 0 Å². The summed E-state index contributed by atoms with van der Waals surface area (Å²) in [5.74, 6) is 8.21. The molecule has 1 atom stereocenters. The molecule has 3 heteroatoms. The van der Waals surface area contributed by atoms with Gasteiger partial charge in [0.25, 0.3) is 0 Å². The molecule has 1 fully saturated rings. The first-order valence-electron chi connectivity index (χ1n) is 3.43. The minimum Gasteiger partial charge on any atom is -0.269 e. The van der Waals surface area contributed by atoms with Crippen LogP contribution in [-0.4, -0.2) is 29.1 Å². The first kappa shape index (κ1) is 7.38. The molecule has 1 heterocycles. The highest BCUT2D eigenvalue weighted by atomic mass is 32.2. The number of rotatable bonds is 2. The Morgan fingerprint density at radius 3 is 3.00 bits per heavy atom. The molecule has 2 N–H and O–H groups in total. The lowest BCUT2D eigenvalue weighted by atomic mass is 10.2. The fourth-order valence-electron chi connectivity index (χ4n) is 1.04. The van der Waals surface area contributed by atoms with Gasteiger partial charge in [0.2, 0.25) is 0 Å². The van der Waals surface area contributed by atoms with E-state index in [1.807, 2.05) is 16.8 Å². The molecule has 0 aliphatic carbocycles. The zero-order chi connectivity index (χ0) is 6.69. The van der Waals surface area contributed by atoms with E-state index in [0.717, 1.165) is 6.54 Å². The third-order valence-electron chi connectivity index (χ3n) is 1.74. The van der Waals surface area contributed by atoms with Crippen molar-refractivity contribution in [3.8, 4) is 0 Å². The van der Waals surface area contributed by atoms with Crippen LogP contribution >= 0.6 is 11.8 Å². The van der Waals surface area contributed by atoms with E-state index in [-0.39, 0.29) is 0 Å². The lowest BCUT2D eigenvalue weighted by Gasteiger charge is -2.20. The SMILES string of the molecule is CCN(N)C1CCSC1. The Bertz CT molecular complexity index is 81.1. The summed E-state index contributed by atoms with van der Waals surface area (Å²) in [6, 6.07) is 0.653. The summed E-state index contributed by atoms with van der Waals surface area (Å²) in [4.78, 5) is 0. The molecule has 54 valence electrons. The zero-order valence-electron chi connectivity index (χ0n) is 5.84. The summed E-state index contributed by atoms with van der Waals surface area (Å²) < 4.78 is 0. The number of nitrogens with zero attached hydrogens (tertiary/aromatic N) is 1. The molecule has 2 nitrogen and oxygen atoms in total. The molecule has 0 aromatic carbocycles. The van der Waals surface area contributed by atoms with Crippen molar-refractivity contribution >= 4 is 11.8 Å². The average Bonchev–Trinajstić information content (AvgIpc) is 2.37. The summed E-state index contributed by atoms with van der Waals surface area (Å²) in [5.41, 5.74) is 0. The summed E-state index contributed by atoms with van der Waals surface area (Å²) in [6.45, 7) is 3.08. The van der Waals surface area contributed by atoms with E-state index in [2.05, 4.69) is 6.92 Å². The molecular formula is C6H14N2S. The summed E-state index contributed by atoms with van der Waals surface area (Å²) in [7, 11) is 0. The molecule has 1 unspecified atom stereocenters. The van der Waals surface area contributed by atoms with Crippen LogP contribution in [0, 0.1) is 0 Å². The monoisotopic (exact) mass is 146 g/mol. The Morgan fingerprint density at radius 1 is 1.78 bits per heavy atom. The van der Waals surface area contributed by atoms with Crippen molar-refractivity contribution in [2.24, 2.45) is 5.84 Å². The molecule has 0 bridgehead atoms. The van der Waals surface area contributed by atoms with E-state index in [1.54, 1.807) is 0 Å². The number of nitrogens with two attached hydrogens (primary N) is 1. The van der Waals surface area contributed by atoms with Crippen molar-refractivity contribution in [1.82, 2.24) is 5.01 Å². The van der Waals surface area contributed by atoms with Crippen molar-refractivity contribution < 1.29 is 0 Å². The second-order valence-electron chi connectivity index (χ2n) is 2.35. The molecular weight excluding hydrogens is 132 g/mol. The molecule has 0 saturated carbocycles.